The van der Waals surface area contributed by atoms with Gasteiger partial charge in [-0.05, 0) is 55.9 Å². The third-order valence-electron chi connectivity index (χ3n) is 6.35. The van der Waals surface area contributed by atoms with E-state index >= 15 is 0 Å². The smallest absolute Gasteiger partial charge is 0.255 e. The predicted octanol–water partition coefficient (Wildman–Crippen LogP) is 3.18. The second kappa shape index (κ2) is 5.20. The van der Waals surface area contributed by atoms with Crippen molar-refractivity contribution in [1.82, 2.24) is 9.88 Å². The minimum absolute atomic E-state index is 0.0514. The van der Waals surface area contributed by atoms with Crippen LogP contribution in [0.5, 0.6) is 0 Å². The van der Waals surface area contributed by atoms with Crippen molar-refractivity contribution < 1.29 is 4.79 Å². The Morgan fingerprint density at radius 1 is 1.00 bits per heavy atom. The Labute approximate surface area is 140 Å². The highest BCUT2D eigenvalue weighted by Gasteiger charge is 2.44. The number of nitrogens with zero attached hydrogens (tertiary/aromatic N) is 1. The summed E-state index contributed by atoms with van der Waals surface area (Å²) in [5, 5.41) is 0.853. The first-order valence-electron chi connectivity index (χ1n) is 9.10. The number of fused-ring (bicyclic) bond motifs is 2. The van der Waals surface area contributed by atoms with E-state index in [0.29, 0.717) is 17.5 Å². The third-order valence-corrected chi connectivity index (χ3v) is 6.35. The fraction of sp³-hybridized carbons (Fsp3) is 0.500. The number of carbonyl (C=O) groups excluding carboxylic acids is 1. The summed E-state index contributed by atoms with van der Waals surface area (Å²) in [4.78, 5) is 30.3. The van der Waals surface area contributed by atoms with Gasteiger partial charge in [0.15, 0.2) is 0 Å². The second-order valence-corrected chi connectivity index (χ2v) is 7.98. The van der Waals surface area contributed by atoms with E-state index < -0.39 is 0 Å². The van der Waals surface area contributed by atoms with E-state index in [9.17, 15) is 9.59 Å². The van der Waals surface area contributed by atoms with Crippen molar-refractivity contribution in [2.45, 2.75) is 38.1 Å². The van der Waals surface area contributed by atoms with Gasteiger partial charge in [0.05, 0.1) is 5.56 Å². The van der Waals surface area contributed by atoms with Crippen LogP contribution < -0.4 is 5.56 Å². The third kappa shape index (κ3) is 2.20. The highest BCUT2D eigenvalue weighted by Crippen LogP contribution is 2.47. The standard InChI is InChI=1S/C20H22N2O2/c23-19-10-17(16-3-1-2-4-18(16)21-19)20(24)22-11-14-6-12-5-13(7-14)9-15(22)8-12/h1-4,10,12-15H,5-9,11H2,(H,21,23). The number of H-pyrrole nitrogens is 1. The molecule has 0 radical (unpaired) electrons. The first-order valence-corrected chi connectivity index (χ1v) is 9.10. The Hall–Kier alpha value is -2.10. The Kier molecular flexibility index (Phi) is 3.09. The number of aromatic nitrogens is 1. The molecule has 1 N–H and O–H groups in total. The molecule has 1 amide bonds. The molecular weight excluding hydrogens is 300 g/mol. The molecule has 2 atom stereocenters. The van der Waals surface area contributed by atoms with Gasteiger partial charge in [-0.25, -0.2) is 0 Å². The Morgan fingerprint density at radius 3 is 2.50 bits per heavy atom. The lowest BCUT2D eigenvalue weighted by Gasteiger charge is -2.39. The Balaban J connectivity index is 1.58. The van der Waals surface area contributed by atoms with E-state index in [1.54, 1.807) is 0 Å². The summed E-state index contributed by atoms with van der Waals surface area (Å²) in [6.45, 7) is 0.873. The van der Waals surface area contributed by atoms with Crippen LogP contribution in [-0.2, 0) is 0 Å². The quantitative estimate of drug-likeness (QED) is 0.877. The summed E-state index contributed by atoms with van der Waals surface area (Å²) < 4.78 is 0. The van der Waals surface area contributed by atoms with Gasteiger partial charge >= 0.3 is 0 Å². The minimum atomic E-state index is -0.197. The van der Waals surface area contributed by atoms with Crippen LogP contribution in [0.15, 0.2) is 35.1 Å². The predicted molar refractivity (Wildman–Crippen MR) is 92.9 cm³/mol. The molecule has 2 aliphatic carbocycles. The van der Waals surface area contributed by atoms with Crippen molar-refractivity contribution >= 4 is 16.8 Å². The number of amides is 1. The van der Waals surface area contributed by atoms with Crippen molar-refractivity contribution in [2.24, 2.45) is 17.8 Å². The van der Waals surface area contributed by atoms with Gasteiger partial charge in [0.2, 0.25) is 5.56 Å². The van der Waals surface area contributed by atoms with Gasteiger partial charge in [-0.1, -0.05) is 18.2 Å². The largest absolute Gasteiger partial charge is 0.335 e. The van der Waals surface area contributed by atoms with Crippen LogP contribution in [0.2, 0.25) is 0 Å². The number of benzene rings is 1. The second-order valence-electron chi connectivity index (χ2n) is 7.98. The molecule has 4 aliphatic rings. The van der Waals surface area contributed by atoms with Crippen LogP contribution in [0, 0.1) is 17.8 Å². The zero-order chi connectivity index (χ0) is 16.3. The van der Waals surface area contributed by atoms with E-state index in [2.05, 4.69) is 9.88 Å². The number of nitrogens with one attached hydrogen (secondary N) is 1. The van der Waals surface area contributed by atoms with Crippen molar-refractivity contribution in [1.29, 1.82) is 0 Å². The molecule has 0 spiro atoms. The summed E-state index contributed by atoms with van der Waals surface area (Å²) in [6.07, 6.45) is 6.24. The van der Waals surface area contributed by atoms with Crippen LogP contribution in [0.25, 0.3) is 10.9 Å². The van der Waals surface area contributed by atoms with Gasteiger partial charge < -0.3 is 9.88 Å². The summed E-state index contributed by atoms with van der Waals surface area (Å²) in [5.74, 6) is 2.32. The summed E-state index contributed by atoms with van der Waals surface area (Å²) in [7, 11) is 0. The number of rotatable bonds is 1. The number of pyridine rings is 1. The van der Waals surface area contributed by atoms with Gasteiger partial charge in [-0.15, -0.1) is 0 Å². The van der Waals surface area contributed by atoms with Crippen molar-refractivity contribution in [2.75, 3.05) is 6.54 Å². The maximum Gasteiger partial charge on any atom is 0.255 e. The Bertz CT molecular complexity index is 857. The van der Waals surface area contributed by atoms with Gasteiger partial charge in [-0.2, -0.15) is 0 Å². The molecular formula is C20H22N2O2. The van der Waals surface area contributed by atoms with Crippen LogP contribution in [0.1, 0.15) is 42.5 Å². The topological polar surface area (TPSA) is 53.2 Å². The molecule has 4 heteroatoms. The normalized spacial score (nSPS) is 31.4. The van der Waals surface area contributed by atoms with Crippen molar-refractivity contribution in [3.05, 3.63) is 46.2 Å². The fourth-order valence-corrected chi connectivity index (χ4v) is 5.57. The van der Waals surface area contributed by atoms with E-state index in [0.717, 1.165) is 42.1 Å². The Morgan fingerprint density at radius 2 is 1.71 bits per heavy atom. The van der Waals surface area contributed by atoms with Crippen molar-refractivity contribution in [3.8, 4) is 0 Å². The monoisotopic (exact) mass is 322 g/mol. The van der Waals surface area contributed by atoms with Crippen molar-refractivity contribution in [3.63, 3.8) is 0 Å². The molecule has 3 heterocycles. The molecule has 1 aromatic carbocycles. The average Bonchev–Trinajstić information content (AvgIpc) is 2.77. The highest BCUT2D eigenvalue weighted by atomic mass is 16.2. The minimum Gasteiger partial charge on any atom is -0.335 e. The molecule has 124 valence electrons. The van der Waals surface area contributed by atoms with Crippen LogP contribution in [-0.4, -0.2) is 28.4 Å². The van der Waals surface area contributed by atoms with Gasteiger partial charge in [0, 0.05) is 29.6 Å². The number of hydrogen-bond donors (Lipinski definition) is 1. The molecule has 2 saturated heterocycles. The molecule has 2 saturated carbocycles. The average molecular weight is 322 g/mol. The SMILES string of the molecule is O=C(c1cc(=O)[nH]c2ccccc12)N1CC2CC3CC(C2)CC1C3. The molecule has 2 aliphatic heterocycles. The first-order chi connectivity index (χ1) is 11.7. The van der Waals surface area contributed by atoms with Gasteiger partial charge in [-0.3, -0.25) is 9.59 Å². The molecule has 24 heavy (non-hydrogen) atoms. The molecule has 2 unspecified atom stereocenters. The lowest BCUT2D eigenvalue weighted by atomic mass is 9.68. The molecule has 2 aromatic rings. The number of carbonyl (C=O) groups is 1. The maximum atomic E-state index is 13.4. The maximum absolute atomic E-state index is 13.4. The van der Waals surface area contributed by atoms with Crippen LogP contribution in [0.4, 0.5) is 0 Å². The van der Waals surface area contributed by atoms with Gasteiger partial charge in [0.25, 0.3) is 5.91 Å². The number of para-hydroxylation sites is 1. The molecule has 4 nitrogen and oxygen atoms in total. The lowest BCUT2D eigenvalue weighted by molar-refractivity contribution is 0.0634. The zero-order valence-corrected chi connectivity index (χ0v) is 13.7. The van der Waals surface area contributed by atoms with E-state index in [4.69, 9.17) is 0 Å². The van der Waals surface area contributed by atoms with Gasteiger partial charge in [0.1, 0.15) is 0 Å². The first kappa shape index (κ1) is 14.3. The van der Waals surface area contributed by atoms with Crippen LogP contribution in [0.3, 0.4) is 0 Å². The molecule has 1 aromatic heterocycles. The summed E-state index contributed by atoms with van der Waals surface area (Å²) in [5.41, 5.74) is 1.11. The number of aromatic amines is 1. The molecule has 6 rings (SSSR count). The van der Waals surface area contributed by atoms with E-state index in [-0.39, 0.29) is 11.5 Å². The fourth-order valence-electron chi connectivity index (χ4n) is 5.57. The summed E-state index contributed by atoms with van der Waals surface area (Å²) in [6, 6.07) is 9.46. The van der Waals surface area contributed by atoms with E-state index in [1.165, 1.54) is 25.3 Å². The highest BCUT2D eigenvalue weighted by molar-refractivity contribution is 6.06. The van der Waals surface area contributed by atoms with Crippen LogP contribution >= 0.6 is 0 Å². The lowest BCUT2D eigenvalue weighted by Crippen LogP contribution is -2.42. The number of hydrogen-bond acceptors (Lipinski definition) is 2. The molecule has 4 fully saturated rings. The molecule has 4 bridgehead atoms. The summed E-state index contributed by atoms with van der Waals surface area (Å²) >= 11 is 0. The van der Waals surface area contributed by atoms with E-state index in [1.807, 2.05) is 24.3 Å². The zero-order valence-electron chi connectivity index (χ0n) is 13.7.